The third kappa shape index (κ3) is 2.00. The van der Waals surface area contributed by atoms with Crippen LogP contribution in [0.3, 0.4) is 0 Å². The highest BCUT2D eigenvalue weighted by Gasteiger charge is 2.22. The lowest BCUT2D eigenvalue weighted by molar-refractivity contribution is -0.114. The van der Waals surface area contributed by atoms with E-state index in [9.17, 15) is 4.79 Å². The molecule has 0 spiro atoms. The molecule has 1 aromatic rings. The summed E-state index contributed by atoms with van der Waals surface area (Å²) in [6, 6.07) is 6.00. The van der Waals surface area contributed by atoms with Crippen LogP contribution in [-0.2, 0) is 11.2 Å². The standard InChI is InChI=1S/C13H15NOS/c1-2-5-12(15)14-9-4-7-10-6-3-8-11(16)13(10)14/h2-3,5-6,8,16H,4,7,9H2,1H3/b5-2+. The molecular formula is C13H15NOS. The largest absolute Gasteiger partial charge is 0.307 e. The van der Waals surface area contributed by atoms with Crippen LogP contribution in [0.5, 0.6) is 0 Å². The second kappa shape index (κ2) is 4.74. The number of thiol groups is 1. The number of para-hydroxylation sites is 1. The SMILES string of the molecule is C/C=C/C(=O)N1CCCc2cccc(S)c21. The van der Waals surface area contributed by atoms with E-state index in [1.54, 1.807) is 12.2 Å². The molecule has 16 heavy (non-hydrogen) atoms. The van der Waals surface area contributed by atoms with E-state index in [2.05, 4.69) is 18.7 Å². The number of rotatable bonds is 1. The van der Waals surface area contributed by atoms with Gasteiger partial charge in [0.1, 0.15) is 0 Å². The predicted molar refractivity (Wildman–Crippen MR) is 69.2 cm³/mol. The van der Waals surface area contributed by atoms with Gasteiger partial charge in [0.05, 0.1) is 5.69 Å². The van der Waals surface area contributed by atoms with Gasteiger partial charge in [-0.25, -0.2) is 0 Å². The Morgan fingerprint density at radius 3 is 3.06 bits per heavy atom. The second-order valence-electron chi connectivity index (χ2n) is 3.88. The van der Waals surface area contributed by atoms with Crippen LogP contribution in [0, 0.1) is 0 Å². The van der Waals surface area contributed by atoms with Crippen LogP contribution in [0.2, 0.25) is 0 Å². The Morgan fingerprint density at radius 2 is 2.31 bits per heavy atom. The van der Waals surface area contributed by atoms with E-state index in [0.717, 1.165) is 30.0 Å². The first-order valence-electron chi connectivity index (χ1n) is 5.49. The normalized spacial score (nSPS) is 15.2. The average Bonchev–Trinajstić information content (AvgIpc) is 2.29. The molecule has 2 nitrogen and oxygen atoms in total. The van der Waals surface area contributed by atoms with Gasteiger partial charge in [0.2, 0.25) is 0 Å². The van der Waals surface area contributed by atoms with Crippen molar-refractivity contribution in [2.45, 2.75) is 24.7 Å². The van der Waals surface area contributed by atoms with Crippen molar-refractivity contribution < 1.29 is 4.79 Å². The van der Waals surface area contributed by atoms with Crippen molar-refractivity contribution in [2.24, 2.45) is 0 Å². The molecule has 0 bridgehead atoms. The monoisotopic (exact) mass is 233 g/mol. The summed E-state index contributed by atoms with van der Waals surface area (Å²) >= 11 is 4.44. The summed E-state index contributed by atoms with van der Waals surface area (Å²) in [6.07, 6.45) is 5.43. The van der Waals surface area contributed by atoms with Crippen molar-refractivity contribution in [3.8, 4) is 0 Å². The molecule has 1 amide bonds. The number of nitrogens with zero attached hydrogens (tertiary/aromatic N) is 1. The van der Waals surface area contributed by atoms with E-state index in [4.69, 9.17) is 0 Å². The number of carbonyl (C=O) groups is 1. The fraction of sp³-hybridized carbons (Fsp3) is 0.308. The molecule has 1 aliphatic rings. The maximum atomic E-state index is 11.9. The maximum absolute atomic E-state index is 11.9. The summed E-state index contributed by atoms with van der Waals surface area (Å²) in [5.74, 6) is 0.0463. The summed E-state index contributed by atoms with van der Waals surface area (Å²) in [6.45, 7) is 2.64. The minimum atomic E-state index is 0.0463. The van der Waals surface area contributed by atoms with E-state index < -0.39 is 0 Å². The third-order valence-electron chi connectivity index (χ3n) is 2.77. The van der Waals surface area contributed by atoms with Gasteiger partial charge in [0.15, 0.2) is 0 Å². The number of benzene rings is 1. The summed E-state index contributed by atoms with van der Waals surface area (Å²) in [4.78, 5) is 14.6. The van der Waals surface area contributed by atoms with Crippen LogP contribution < -0.4 is 4.90 Å². The maximum Gasteiger partial charge on any atom is 0.250 e. The molecule has 1 aromatic carbocycles. The lowest BCUT2D eigenvalue weighted by Crippen LogP contribution is -2.34. The van der Waals surface area contributed by atoms with Crippen LogP contribution in [0.15, 0.2) is 35.2 Å². The van der Waals surface area contributed by atoms with Crippen molar-refractivity contribution in [3.63, 3.8) is 0 Å². The minimum absolute atomic E-state index is 0.0463. The number of amides is 1. The van der Waals surface area contributed by atoms with E-state index in [0.29, 0.717) is 0 Å². The van der Waals surface area contributed by atoms with Crippen molar-refractivity contribution in [1.29, 1.82) is 0 Å². The summed E-state index contributed by atoms with van der Waals surface area (Å²) < 4.78 is 0. The van der Waals surface area contributed by atoms with Crippen molar-refractivity contribution in [3.05, 3.63) is 35.9 Å². The predicted octanol–water partition coefficient (Wildman–Crippen LogP) is 2.83. The molecule has 0 saturated heterocycles. The van der Waals surface area contributed by atoms with Crippen molar-refractivity contribution in [1.82, 2.24) is 0 Å². The highest BCUT2D eigenvalue weighted by molar-refractivity contribution is 7.80. The molecule has 1 aliphatic heterocycles. The van der Waals surface area contributed by atoms with Gasteiger partial charge in [-0.15, -0.1) is 12.6 Å². The van der Waals surface area contributed by atoms with Crippen LogP contribution in [0.1, 0.15) is 18.9 Å². The lowest BCUT2D eigenvalue weighted by atomic mass is 10.0. The quantitative estimate of drug-likeness (QED) is 0.584. The lowest BCUT2D eigenvalue weighted by Gasteiger charge is -2.29. The highest BCUT2D eigenvalue weighted by Crippen LogP contribution is 2.33. The summed E-state index contributed by atoms with van der Waals surface area (Å²) in [5.41, 5.74) is 2.21. The molecule has 0 aromatic heterocycles. The minimum Gasteiger partial charge on any atom is -0.307 e. The van der Waals surface area contributed by atoms with Gasteiger partial charge < -0.3 is 4.90 Å². The Morgan fingerprint density at radius 1 is 1.50 bits per heavy atom. The molecule has 3 heteroatoms. The second-order valence-corrected chi connectivity index (χ2v) is 4.36. The molecule has 0 N–H and O–H groups in total. The van der Waals surface area contributed by atoms with E-state index in [1.165, 1.54) is 5.56 Å². The van der Waals surface area contributed by atoms with E-state index >= 15 is 0 Å². The Labute approximate surface area is 101 Å². The smallest absolute Gasteiger partial charge is 0.250 e. The number of carbonyl (C=O) groups excluding carboxylic acids is 1. The Bertz CT molecular complexity index is 440. The van der Waals surface area contributed by atoms with Gasteiger partial charge >= 0.3 is 0 Å². The summed E-state index contributed by atoms with van der Waals surface area (Å²) in [7, 11) is 0. The van der Waals surface area contributed by atoms with Gasteiger partial charge in [-0.3, -0.25) is 4.79 Å². The van der Waals surface area contributed by atoms with Gasteiger partial charge in [0, 0.05) is 11.4 Å². The fourth-order valence-electron chi connectivity index (χ4n) is 2.08. The number of anilines is 1. The van der Waals surface area contributed by atoms with Gasteiger partial charge in [0.25, 0.3) is 5.91 Å². The first kappa shape index (κ1) is 11.3. The first-order chi connectivity index (χ1) is 7.74. The molecule has 84 valence electrons. The van der Waals surface area contributed by atoms with Crippen molar-refractivity contribution >= 4 is 24.2 Å². The fourth-order valence-corrected chi connectivity index (χ4v) is 2.43. The molecular weight excluding hydrogens is 218 g/mol. The topological polar surface area (TPSA) is 20.3 Å². The highest BCUT2D eigenvalue weighted by atomic mass is 32.1. The van der Waals surface area contributed by atoms with E-state index in [-0.39, 0.29) is 5.91 Å². The zero-order valence-corrected chi connectivity index (χ0v) is 10.2. The van der Waals surface area contributed by atoms with Crippen molar-refractivity contribution in [2.75, 3.05) is 11.4 Å². The van der Waals surface area contributed by atoms with Gasteiger partial charge in [-0.2, -0.15) is 0 Å². The number of allylic oxidation sites excluding steroid dienone is 1. The summed E-state index contributed by atoms with van der Waals surface area (Å²) in [5, 5.41) is 0. The number of hydrogen-bond donors (Lipinski definition) is 1. The number of hydrogen-bond acceptors (Lipinski definition) is 2. The molecule has 2 rings (SSSR count). The van der Waals surface area contributed by atoms with E-state index in [1.807, 2.05) is 24.0 Å². The van der Waals surface area contributed by atoms with Gasteiger partial charge in [-0.05, 0) is 37.5 Å². The Balaban J connectivity index is 2.43. The zero-order valence-electron chi connectivity index (χ0n) is 9.31. The molecule has 0 saturated carbocycles. The molecule has 1 heterocycles. The first-order valence-corrected chi connectivity index (χ1v) is 5.94. The molecule has 0 fully saturated rings. The molecule has 0 unspecified atom stereocenters. The molecule has 0 atom stereocenters. The van der Waals surface area contributed by atoms with Crippen LogP contribution in [0.4, 0.5) is 5.69 Å². The molecule has 0 aliphatic carbocycles. The number of aryl methyl sites for hydroxylation is 1. The van der Waals surface area contributed by atoms with Gasteiger partial charge in [-0.1, -0.05) is 18.2 Å². The average molecular weight is 233 g/mol. The molecule has 0 radical (unpaired) electrons. The Hall–Kier alpha value is -1.22. The van der Waals surface area contributed by atoms with Crippen LogP contribution >= 0.6 is 12.6 Å². The zero-order chi connectivity index (χ0) is 11.5. The van der Waals surface area contributed by atoms with Crippen LogP contribution in [-0.4, -0.2) is 12.5 Å². The third-order valence-corrected chi connectivity index (χ3v) is 3.13. The van der Waals surface area contributed by atoms with Crippen LogP contribution in [0.25, 0.3) is 0 Å². The Kier molecular flexibility index (Phi) is 3.34. The number of fused-ring (bicyclic) bond motifs is 1.